The molecule has 0 aliphatic carbocycles. The summed E-state index contributed by atoms with van der Waals surface area (Å²) in [5.41, 5.74) is 6.27. The molecule has 0 aromatic heterocycles. The summed E-state index contributed by atoms with van der Waals surface area (Å²) in [6.07, 6.45) is 0.700. The topological polar surface area (TPSA) is 80.4 Å². The molecular formula is C8H12KNO3S. The van der Waals surface area contributed by atoms with Crippen molar-refractivity contribution in [1.29, 1.82) is 0 Å². The largest absolute Gasteiger partial charge is 1.00 e. The minimum Gasteiger partial charge on any atom is -1.00 e. The Labute approximate surface area is 128 Å². The molecule has 1 aromatic carbocycles. The number of nitrogens with two attached hydrogens (primary N) is 1. The molecule has 0 radical (unpaired) electrons. The van der Waals surface area contributed by atoms with E-state index in [1.165, 1.54) is 12.1 Å². The van der Waals surface area contributed by atoms with E-state index in [0.717, 1.165) is 5.56 Å². The molecule has 0 unspecified atom stereocenters. The molecule has 4 nitrogen and oxygen atoms in total. The van der Waals surface area contributed by atoms with E-state index >= 15 is 0 Å². The van der Waals surface area contributed by atoms with E-state index in [2.05, 4.69) is 0 Å². The number of rotatable bonds is 3. The van der Waals surface area contributed by atoms with E-state index in [-0.39, 0.29) is 57.7 Å². The van der Waals surface area contributed by atoms with Crippen LogP contribution in [-0.4, -0.2) is 19.5 Å². The van der Waals surface area contributed by atoms with E-state index in [0.29, 0.717) is 13.0 Å². The van der Waals surface area contributed by atoms with Gasteiger partial charge in [0, 0.05) is 0 Å². The van der Waals surface area contributed by atoms with Gasteiger partial charge in [-0.2, -0.15) is 8.42 Å². The molecule has 1 rings (SSSR count). The van der Waals surface area contributed by atoms with Crippen molar-refractivity contribution in [3.05, 3.63) is 29.8 Å². The maximum Gasteiger partial charge on any atom is 1.00 e. The fourth-order valence-corrected chi connectivity index (χ4v) is 1.47. The monoisotopic (exact) mass is 241 g/mol. The van der Waals surface area contributed by atoms with Crippen molar-refractivity contribution in [1.82, 2.24) is 0 Å². The molecule has 74 valence electrons. The van der Waals surface area contributed by atoms with Gasteiger partial charge in [-0.25, -0.2) is 0 Å². The quantitative estimate of drug-likeness (QED) is 0.455. The molecule has 0 fully saturated rings. The van der Waals surface area contributed by atoms with Crippen molar-refractivity contribution >= 4 is 10.1 Å². The Morgan fingerprint density at radius 3 is 2.14 bits per heavy atom. The van der Waals surface area contributed by atoms with Crippen LogP contribution in [0.2, 0.25) is 0 Å². The second-order valence-electron chi connectivity index (χ2n) is 2.66. The molecule has 0 aliphatic rings. The first-order chi connectivity index (χ1) is 6.04. The molecule has 14 heavy (non-hydrogen) atoms. The zero-order valence-corrected chi connectivity index (χ0v) is 11.9. The average Bonchev–Trinajstić information content (AvgIpc) is 2.04. The smallest absolute Gasteiger partial charge is 1.00 e. The molecule has 0 atom stereocenters. The first-order valence-corrected chi connectivity index (χ1v) is 5.24. The van der Waals surface area contributed by atoms with Crippen molar-refractivity contribution in [3.8, 4) is 0 Å². The van der Waals surface area contributed by atoms with Crippen LogP contribution in [0.15, 0.2) is 29.2 Å². The predicted molar refractivity (Wildman–Crippen MR) is 50.1 cm³/mol. The van der Waals surface area contributed by atoms with Gasteiger partial charge < -0.3 is 7.16 Å². The summed E-state index contributed by atoms with van der Waals surface area (Å²) in [6.45, 7) is 0.519. The summed E-state index contributed by atoms with van der Waals surface area (Å²) in [7, 11) is -4.07. The van der Waals surface area contributed by atoms with Gasteiger partial charge in [0.15, 0.2) is 0 Å². The predicted octanol–water partition coefficient (Wildman–Crippen LogP) is -2.45. The maximum absolute atomic E-state index is 10.6. The van der Waals surface area contributed by atoms with Gasteiger partial charge in [-0.05, 0) is 30.7 Å². The first-order valence-electron chi connectivity index (χ1n) is 3.80. The summed E-state index contributed by atoms with van der Waals surface area (Å²) in [5, 5.41) is 0. The first kappa shape index (κ1) is 14.7. The Bertz CT molecular complexity index is 379. The van der Waals surface area contributed by atoms with E-state index in [1.54, 1.807) is 12.1 Å². The number of hydrogen-bond donors (Lipinski definition) is 2. The standard InChI is InChI=1S/C8H11NO3S.K.H/c9-6-5-7-1-3-8(4-2-7)13(10,11)12;;/h1-4H,5-6,9H2,(H,10,11,12);;/q;+1;-1. The molecule has 0 aliphatic heterocycles. The van der Waals surface area contributed by atoms with Crippen LogP contribution in [0.3, 0.4) is 0 Å². The minimum absolute atomic E-state index is 0. The summed E-state index contributed by atoms with van der Waals surface area (Å²) in [6, 6.07) is 5.99. The Morgan fingerprint density at radius 1 is 1.29 bits per heavy atom. The molecule has 0 amide bonds. The van der Waals surface area contributed by atoms with Gasteiger partial charge in [0.05, 0.1) is 4.90 Å². The minimum atomic E-state index is -4.07. The Hall–Kier alpha value is 0.726. The van der Waals surface area contributed by atoms with Crippen LogP contribution in [0.25, 0.3) is 0 Å². The third-order valence-corrected chi connectivity index (χ3v) is 2.52. The maximum atomic E-state index is 10.6. The summed E-state index contributed by atoms with van der Waals surface area (Å²) in [4.78, 5) is -0.0896. The fraction of sp³-hybridized carbons (Fsp3) is 0.250. The summed E-state index contributed by atoms with van der Waals surface area (Å²) in [5.74, 6) is 0. The third-order valence-electron chi connectivity index (χ3n) is 1.65. The second kappa shape index (κ2) is 6.34. The van der Waals surface area contributed by atoms with E-state index < -0.39 is 10.1 Å². The van der Waals surface area contributed by atoms with E-state index in [4.69, 9.17) is 10.3 Å². The summed E-state index contributed by atoms with van der Waals surface area (Å²) >= 11 is 0. The Morgan fingerprint density at radius 2 is 1.79 bits per heavy atom. The van der Waals surface area contributed by atoms with Crippen molar-refractivity contribution in [2.24, 2.45) is 5.73 Å². The zero-order valence-electron chi connectivity index (χ0n) is 8.97. The molecule has 0 saturated carbocycles. The van der Waals surface area contributed by atoms with Crippen molar-refractivity contribution < 1.29 is 65.8 Å². The molecule has 6 heteroatoms. The van der Waals surface area contributed by atoms with Crippen molar-refractivity contribution in [2.75, 3.05) is 6.54 Å². The third kappa shape index (κ3) is 4.50. The SMILES string of the molecule is NCCc1ccc(S(=O)(=O)O)cc1.[H-].[K+]. The van der Waals surface area contributed by atoms with E-state index in [9.17, 15) is 8.42 Å². The van der Waals surface area contributed by atoms with Crippen LogP contribution in [0.5, 0.6) is 0 Å². The Balaban J connectivity index is 0. The fourth-order valence-electron chi connectivity index (χ4n) is 0.995. The summed E-state index contributed by atoms with van der Waals surface area (Å²) < 4.78 is 29.9. The van der Waals surface area contributed by atoms with Crippen LogP contribution >= 0.6 is 0 Å². The molecule has 0 saturated heterocycles. The molecule has 0 spiro atoms. The van der Waals surface area contributed by atoms with Gasteiger partial charge in [0.1, 0.15) is 0 Å². The van der Waals surface area contributed by atoms with Crippen LogP contribution in [0, 0.1) is 0 Å². The van der Waals surface area contributed by atoms with Gasteiger partial charge in [-0.3, -0.25) is 4.55 Å². The second-order valence-corrected chi connectivity index (χ2v) is 4.08. The molecule has 3 N–H and O–H groups in total. The van der Waals surface area contributed by atoms with Gasteiger partial charge in [0.25, 0.3) is 10.1 Å². The van der Waals surface area contributed by atoms with Crippen LogP contribution in [-0.2, 0) is 16.5 Å². The molecule has 1 aromatic rings. The van der Waals surface area contributed by atoms with Gasteiger partial charge >= 0.3 is 51.4 Å². The zero-order chi connectivity index (χ0) is 9.90. The average molecular weight is 241 g/mol. The van der Waals surface area contributed by atoms with Crippen molar-refractivity contribution in [2.45, 2.75) is 11.3 Å². The molecule has 0 bridgehead atoms. The van der Waals surface area contributed by atoms with Gasteiger partial charge in [-0.15, -0.1) is 0 Å². The van der Waals surface area contributed by atoms with Crippen LogP contribution in [0.1, 0.15) is 6.99 Å². The number of hydrogen-bond acceptors (Lipinski definition) is 3. The van der Waals surface area contributed by atoms with Crippen molar-refractivity contribution in [3.63, 3.8) is 0 Å². The molecule has 0 heterocycles. The van der Waals surface area contributed by atoms with E-state index in [1.807, 2.05) is 0 Å². The normalized spacial score (nSPS) is 10.7. The number of benzene rings is 1. The van der Waals surface area contributed by atoms with Gasteiger partial charge in [0.2, 0.25) is 0 Å². The van der Waals surface area contributed by atoms with Crippen LogP contribution < -0.4 is 57.1 Å². The Kier molecular flexibility index (Phi) is 6.67. The van der Waals surface area contributed by atoms with Gasteiger partial charge in [-0.1, -0.05) is 12.1 Å². The molecular weight excluding hydrogens is 229 g/mol. The van der Waals surface area contributed by atoms with Crippen LogP contribution in [0.4, 0.5) is 0 Å².